The zero-order valence-electron chi connectivity index (χ0n) is 17.5. The molecule has 0 spiro atoms. The molecule has 0 bridgehead atoms. The van der Waals surface area contributed by atoms with Crippen molar-refractivity contribution in [3.05, 3.63) is 78.4 Å². The minimum Gasteiger partial charge on any atom is -0.355 e. The van der Waals surface area contributed by atoms with Crippen molar-refractivity contribution in [1.29, 1.82) is 0 Å². The van der Waals surface area contributed by atoms with Gasteiger partial charge in [0.2, 0.25) is 5.91 Å². The van der Waals surface area contributed by atoms with Crippen molar-refractivity contribution < 1.29 is 4.79 Å². The molecule has 1 aromatic heterocycles. The molecule has 3 aromatic rings. The fourth-order valence-electron chi connectivity index (χ4n) is 3.09. The van der Waals surface area contributed by atoms with E-state index in [0.29, 0.717) is 29.9 Å². The molecule has 1 heterocycles. The molecule has 2 aromatic carbocycles. The van der Waals surface area contributed by atoms with Gasteiger partial charge in [-0.05, 0) is 23.5 Å². The van der Waals surface area contributed by atoms with Crippen LogP contribution < -0.4 is 5.32 Å². The minimum atomic E-state index is -0.00628. The number of allylic oxidation sites excluding steroid dienone is 1. The first-order valence-electron chi connectivity index (χ1n) is 10.2. The lowest BCUT2D eigenvalue weighted by molar-refractivity contribution is -0.118. The van der Waals surface area contributed by atoms with Crippen LogP contribution in [-0.4, -0.2) is 33.0 Å². The summed E-state index contributed by atoms with van der Waals surface area (Å²) >= 11 is 1.39. The highest BCUT2D eigenvalue weighted by Crippen LogP contribution is 2.23. The van der Waals surface area contributed by atoms with Crippen molar-refractivity contribution in [2.75, 3.05) is 12.3 Å². The maximum absolute atomic E-state index is 12.3. The van der Waals surface area contributed by atoms with Crippen LogP contribution in [-0.2, 0) is 17.8 Å². The number of thioether (sulfide) groups is 1. The van der Waals surface area contributed by atoms with Crippen molar-refractivity contribution in [2.45, 2.75) is 37.9 Å². The fourth-order valence-corrected chi connectivity index (χ4v) is 3.86. The highest BCUT2D eigenvalue weighted by Gasteiger charge is 2.14. The Morgan fingerprint density at radius 3 is 2.53 bits per heavy atom. The summed E-state index contributed by atoms with van der Waals surface area (Å²) in [4.78, 5) is 12.3. The second-order valence-electron chi connectivity index (χ2n) is 7.36. The molecule has 1 N–H and O–H groups in total. The number of amides is 1. The van der Waals surface area contributed by atoms with E-state index in [1.54, 1.807) is 0 Å². The zero-order valence-corrected chi connectivity index (χ0v) is 18.4. The molecule has 0 saturated heterocycles. The Hall–Kier alpha value is -2.86. The number of rotatable bonds is 10. The maximum Gasteiger partial charge on any atom is 0.230 e. The molecule has 0 aliphatic heterocycles. The van der Waals surface area contributed by atoms with E-state index in [-0.39, 0.29) is 5.91 Å². The Bertz CT molecular complexity index is 965. The van der Waals surface area contributed by atoms with Crippen LogP contribution in [0.3, 0.4) is 0 Å². The van der Waals surface area contributed by atoms with Crippen molar-refractivity contribution >= 4 is 17.7 Å². The van der Waals surface area contributed by atoms with E-state index in [4.69, 9.17) is 0 Å². The van der Waals surface area contributed by atoms with Crippen LogP contribution in [0.25, 0.3) is 11.4 Å². The van der Waals surface area contributed by atoms with Crippen LogP contribution in [0.2, 0.25) is 0 Å². The summed E-state index contributed by atoms with van der Waals surface area (Å²) in [5.41, 5.74) is 3.55. The summed E-state index contributed by atoms with van der Waals surface area (Å²) in [6.07, 6.45) is 2.63. The molecular formula is C24H28N4OS. The Kier molecular flexibility index (Phi) is 7.85. The first-order valence-corrected chi connectivity index (χ1v) is 11.1. The summed E-state index contributed by atoms with van der Waals surface area (Å²) in [6, 6.07) is 18.5. The van der Waals surface area contributed by atoms with Crippen LogP contribution in [0.1, 0.15) is 30.9 Å². The topological polar surface area (TPSA) is 59.8 Å². The van der Waals surface area contributed by atoms with E-state index in [9.17, 15) is 4.79 Å². The van der Waals surface area contributed by atoms with Gasteiger partial charge in [-0.15, -0.1) is 16.8 Å². The van der Waals surface area contributed by atoms with E-state index in [1.165, 1.54) is 22.9 Å². The standard InChI is InChI=1S/C24H28N4OS/c1-4-16-28-23(21-8-6-5-7-9-21)26-27-24(28)30-17-22(29)25-15-14-19-10-12-20(13-11-19)18(2)3/h4-13,18H,1,14-17H2,2-3H3,(H,25,29). The van der Waals surface area contributed by atoms with Crippen LogP contribution in [0, 0.1) is 0 Å². The Balaban J connectivity index is 1.52. The number of carbonyl (C=O) groups is 1. The molecule has 30 heavy (non-hydrogen) atoms. The summed E-state index contributed by atoms with van der Waals surface area (Å²) < 4.78 is 1.98. The number of nitrogens with one attached hydrogen (secondary N) is 1. The average molecular weight is 421 g/mol. The number of nitrogens with zero attached hydrogens (tertiary/aromatic N) is 3. The number of benzene rings is 2. The highest BCUT2D eigenvalue weighted by molar-refractivity contribution is 7.99. The second kappa shape index (κ2) is 10.8. The van der Waals surface area contributed by atoms with Gasteiger partial charge in [0.05, 0.1) is 5.75 Å². The largest absolute Gasteiger partial charge is 0.355 e. The van der Waals surface area contributed by atoms with Gasteiger partial charge in [0.1, 0.15) is 0 Å². The first-order chi connectivity index (χ1) is 14.6. The van der Waals surface area contributed by atoms with Crippen LogP contribution in [0.15, 0.2) is 72.4 Å². The average Bonchev–Trinajstić information content (AvgIpc) is 3.16. The summed E-state index contributed by atoms with van der Waals surface area (Å²) in [6.45, 7) is 9.41. The molecule has 0 atom stereocenters. The number of hydrogen-bond acceptors (Lipinski definition) is 4. The predicted molar refractivity (Wildman–Crippen MR) is 124 cm³/mol. The zero-order chi connectivity index (χ0) is 21.3. The van der Waals surface area contributed by atoms with Gasteiger partial charge in [0, 0.05) is 18.7 Å². The van der Waals surface area contributed by atoms with Crippen molar-refractivity contribution in [3.8, 4) is 11.4 Å². The second-order valence-corrected chi connectivity index (χ2v) is 8.30. The lowest BCUT2D eigenvalue weighted by Crippen LogP contribution is -2.27. The van der Waals surface area contributed by atoms with Gasteiger partial charge in [-0.2, -0.15) is 0 Å². The quantitative estimate of drug-likeness (QED) is 0.381. The monoisotopic (exact) mass is 420 g/mol. The van der Waals surface area contributed by atoms with Gasteiger partial charge in [-0.1, -0.05) is 86.3 Å². The maximum atomic E-state index is 12.3. The molecule has 0 unspecified atom stereocenters. The van der Waals surface area contributed by atoms with Gasteiger partial charge >= 0.3 is 0 Å². The molecular weight excluding hydrogens is 392 g/mol. The SMILES string of the molecule is C=CCn1c(SCC(=O)NCCc2ccc(C(C)C)cc2)nnc1-c1ccccc1. The van der Waals surface area contributed by atoms with Gasteiger partial charge < -0.3 is 5.32 Å². The molecule has 1 amide bonds. The van der Waals surface area contributed by atoms with Gasteiger partial charge in [0.15, 0.2) is 11.0 Å². The smallest absolute Gasteiger partial charge is 0.230 e. The molecule has 0 fully saturated rings. The van der Waals surface area contributed by atoms with Crippen molar-refractivity contribution in [3.63, 3.8) is 0 Å². The molecule has 0 radical (unpaired) electrons. The van der Waals surface area contributed by atoms with E-state index in [2.05, 4.69) is 60.2 Å². The van der Waals surface area contributed by atoms with Crippen LogP contribution in [0.5, 0.6) is 0 Å². The Morgan fingerprint density at radius 1 is 1.13 bits per heavy atom. The fraction of sp³-hybridized carbons (Fsp3) is 0.292. The van der Waals surface area contributed by atoms with E-state index in [0.717, 1.165) is 17.8 Å². The summed E-state index contributed by atoms with van der Waals surface area (Å²) in [7, 11) is 0. The van der Waals surface area contributed by atoms with E-state index < -0.39 is 0 Å². The lowest BCUT2D eigenvalue weighted by Gasteiger charge is -2.09. The minimum absolute atomic E-state index is 0.00628. The molecule has 6 heteroatoms. The molecule has 0 saturated carbocycles. The van der Waals surface area contributed by atoms with E-state index in [1.807, 2.05) is 41.0 Å². The number of aromatic nitrogens is 3. The van der Waals surface area contributed by atoms with Crippen molar-refractivity contribution in [2.24, 2.45) is 0 Å². The summed E-state index contributed by atoms with van der Waals surface area (Å²) in [5, 5.41) is 12.3. The Labute approximate surface area is 182 Å². The lowest BCUT2D eigenvalue weighted by atomic mass is 10.0. The van der Waals surface area contributed by atoms with Crippen LogP contribution >= 0.6 is 11.8 Å². The third kappa shape index (κ3) is 5.83. The molecule has 0 aliphatic rings. The van der Waals surface area contributed by atoms with Crippen molar-refractivity contribution in [1.82, 2.24) is 20.1 Å². The molecule has 156 valence electrons. The number of carbonyl (C=O) groups excluding carboxylic acids is 1. The molecule has 0 aliphatic carbocycles. The highest BCUT2D eigenvalue weighted by atomic mass is 32.2. The normalized spacial score (nSPS) is 10.9. The third-order valence-corrected chi connectivity index (χ3v) is 5.74. The third-order valence-electron chi connectivity index (χ3n) is 4.78. The van der Waals surface area contributed by atoms with Gasteiger partial charge in [-0.3, -0.25) is 9.36 Å². The first kappa shape index (κ1) is 21.8. The van der Waals surface area contributed by atoms with E-state index >= 15 is 0 Å². The van der Waals surface area contributed by atoms with Crippen LogP contribution in [0.4, 0.5) is 0 Å². The predicted octanol–water partition coefficient (Wildman–Crippen LogP) is 4.71. The molecule has 5 nitrogen and oxygen atoms in total. The molecule has 3 rings (SSSR count). The number of hydrogen-bond donors (Lipinski definition) is 1. The Morgan fingerprint density at radius 2 is 1.87 bits per heavy atom. The summed E-state index contributed by atoms with van der Waals surface area (Å²) in [5.74, 6) is 1.61. The van der Waals surface area contributed by atoms with Gasteiger partial charge in [0.25, 0.3) is 0 Å². The van der Waals surface area contributed by atoms with Gasteiger partial charge in [-0.25, -0.2) is 0 Å².